The number of nitrogens with one attached hydrogen (secondary N) is 3. The second kappa shape index (κ2) is 14.5. The van der Waals surface area contributed by atoms with Crippen molar-refractivity contribution in [3.05, 3.63) is 88.1 Å². The van der Waals surface area contributed by atoms with Crippen molar-refractivity contribution in [3.8, 4) is 5.75 Å². The summed E-state index contributed by atoms with van der Waals surface area (Å²) < 4.78 is 17.4. The maximum atomic E-state index is 13.9. The van der Waals surface area contributed by atoms with Crippen molar-refractivity contribution in [3.63, 3.8) is 0 Å². The molecule has 0 aliphatic carbocycles. The van der Waals surface area contributed by atoms with E-state index in [1.807, 2.05) is 66.7 Å². The number of carbonyl (C=O) groups excluding carboxylic acids is 3. The van der Waals surface area contributed by atoms with Gasteiger partial charge >= 0.3 is 0 Å². The number of nitrogen functional groups attached to an aromatic ring is 1. The highest BCUT2D eigenvalue weighted by molar-refractivity contribution is 7.10. The van der Waals surface area contributed by atoms with Gasteiger partial charge < -0.3 is 35.5 Å². The Kier molecular flexibility index (Phi) is 10.3. The van der Waals surface area contributed by atoms with Crippen molar-refractivity contribution >= 4 is 34.9 Å². The zero-order valence-corrected chi connectivity index (χ0v) is 25.1. The summed E-state index contributed by atoms with van der Waals surface area (Å²) >= 11 is 1.41. The molecule has 2 saturated heterocycles. The van der Waals surface area contributed by atoms with Crippen LogP contribution >= 0.6 is 11.3 Å². The summed E-state index contributed by atoms with van der Waals surface area (Å²) in [7, 11) is 0. The molecule has 3 heterocycles. The second-order valence-electron chi connectivity index (χ2n) is 10.8. The Morgan fingerprint density at radius 2 is 1.80 bits per heavy atom. The minimum Gasteiger partial charge on any atom is -0.494 e. The first-order chi connectivity index (χ1) is 21.3. The minimum atomic E-state index is -1.06. The van der Waals surface area contributed by atoms with Gasteiger partial charge in [0.05, 0.1) is 39.0 Å². The van der Waals surface area contributed by atoms with Crippen molar-refractivity contribution in [2.45, 2.75) is 43.6 Å². The van der Waals surface area contributed by atoms with Gasteiger partial charge in [0.25, 0.3) is 0 Å². The monoisotopic (exact) mass is 619 g/mol. The van der Waals surface area contributed by atoms with Gasteiger partial charge in [-0.3, -0.25) is 19.8 Å². The quantitative estimate of drug-likeness (QED) is 0.130. The smallest absolute Gasteiger partial charge is 0.243 e. The molecule has 0 bridgehead atoms. The van der Waals surface area contributed by atoms with E-state index in [9.17, 15) is 14.4 Å². The lowest BCUT2D eigenvalue weighted by atomic mass is 10.0. The van der Waals surface area contributed by atoms with E-state index in [0.29, 0.717) is 38.2 Å². The number of nitrogens with two attached hydrogens (primary N) is 1. The fourth-order valence-corrected chi connectivity index (χ4v) is 6.32. The molecule has 5 rings (SSSR count). The zero-order valence-electron chi connectivity index (χ0n) is 24.3. The number of carbonyl (C=O) groups is 3. The first-order valence-corrected chi connectivity index (χ1v) is 15.5. The predicted molar refractivity (Wildman–Crippen MR) is 165 cm³/mol. The number of para-hydroxylation sites is 1. The van der Waals surface area contributed by atoms with Crippen LogP contribution in [0.3, 0.4) is 0 Å². The van der Waals surface area contributed by atoms with E-state index >= 15 is 0 Å². The first-order valence-electron chi connectivity index (χ1n) is 14.6. The molecule has 2 aliphatic heterocycles. The lowest BCUT2D eigenvalue weighted by molar-refractivity contribution is -0.152. The van der Waals surface area contributed by atoms with Gasteiger partial charge in [-0.05, 0) is 36.6 Å². The third kappa shape index (κ3) is 8.01. The van der Waals surface area contributed by atoms with Gasteiger partial charge in [-0.1, -0.05) is 48.5 Å². The molecule has 44 heavy (non-hydrogen) atoms. The van der Waals surface area contributed by atoms with Crippen molar-refractivity contribution < 1.29 is 28.6 Å². The number of amidine groups is 1. The van der Waals surface area contributed by atoms with Gasteiger partial charge in [0.1, 0.15) is 17.6 Å². The number of amides is 3. The van der Waals surface area contributed by atoms with Crippen LogP contribution in [-0.4, -0.2) is 73.2 Å². The van der Waals surface area contributed by atoms with E-state index in [1.165, 1.54) is 16.2 Å². The zero-order chi connectivity index (χ0) is 30.9. The maximum absolute atomic E-state index is 13.9. The van der Waals surface area contributed by atoms with Gasteiger partial charge in [0, 0.05) is 28.7 Å². The molecule has 2 aromatic carbocycles. The number of likely N-dealkylation sites (tertiary alicyclic amines) is 1. The number of hydrogen-bond acceptors (Lipinski definition) is 8. The molecule has 3 aromatic rings. The number of rotatable bonds is 13. The summed E-state index contributed by atoms with van der Waals surface area (Å²) in [6.07, 6.45) is 1.37. The molecular formula is C32H37N5O6S. The molecule has 2 atom stereocenters. The summed E-state index contributed by atoms with van der Waals surface area (Å²) in [5, 5.41) is 15.4. The van der Waals surface area contributed by atoms with E-state index in [-0.39, 0.29) is 43.6 Å². The molecule has 2 fully saturated rings. The van der Waals surface area contributed by atoms with Crippen molar-refractivity contribution in [2.75, 3.05) is 32.9 Å². The summed E-state index contributed by atoms with van der Waals surface area (Å²) in [4.78, 5) is 42.0. The number of thiophene rings is 1. The standard InChI is InChI=1S/C32H37N5O6S/c33-30(34)23-17-27(44-20-23)25(16-22-8-3-1-4-9-22)36-31(40)26-18-32(42-14-15-43-32)21-37(26)29(39)19-35-28(38)12-7-13-41-24-10-5-2-6-11-24/h1-6,8-11,17,20,25-26H,7,12-16,18-19,21H2,(H3,33,34)(H,35,38)(H,36,40)/t25-,26+/m1/s1. The normalized spacial score (nSPS) is 17.7. The Morgan fingerprint density at radius 3 is 2.48 bits per heavy atom. The van der Waals surface area contributed by atoms with E-state index in [1.54, 1.807) is 5.38 Å². The third-order valence-electron chi connectivity index (χ3n) is 7.60. The molecule has 12 heteroatoms. The predicted octanol–water partition coefficient (Wildman–Crippen LogP) is 2.75. The topological polar surface area (TPSA) is 156 Å². The van der Waals surface area contributed by atoms with Crippen LogP contribution in [0.5, 0.6) is 5.75 Å². The van der Waals surface area contributed by atoms with E-state index in [0.717, 1.165) is 16.2 Å². The van der Waals surface area contributed by atoms with Gasteiger partial charge in [-0.2, -0.15) is 0 Å². The lowest BCUT2D eigenvalue weighted by Gasteiger charge is -2.26. The average molecular weight is 620 g/mol. The highest BCUT2D eigenvalue weighted by Crippen LogP contribution is 2.35. The Balaban J connectivity index is 1.22. The van der Waals surface area contributed by atoms with Crippen molar-refractivity contribution in [2.24, 2.45) is 5.73 Å². The Morgan fingerprint density at radius 1 is 1.09 bits per heavy atom. The minimum absolute atomic E-state index is 0.0481. The van der Waals surface area contributed by atoms with Gasteiger partial charge in [-0.25, -0.2) is 0 Å². The van der Waals surface area contributed by atoms with E-state index in [2.05, 4.69) is 10.6 Å². The molecule has 1 spiro atoms. The van der Waals surface area contributed by atoms with Crippen LogP contribution in [0.4, 0.5) is 0 Å². The molecule has 0 saturated carbocycles. The number of benzene rings is 2. The highest BCUT2D eigenvalue weighted by atomic mass is 32.1. The number of ether oxygens (including phenoxy) is 3. The Hall–Kier alpha value is -4.26. The fraction of sp³-hybridized carbons (Fsp3) is 0.375. The van der Waals surface area contributed by atoms with E-state index < -0.39 is 23.8 Å². The molecule has 0 unspecified atom stereocenters. The molecule has 1 aromatic heterocycles. The van der Waals surface area contributed by atoms with Gasteiger partial charge in [0.2, 0.25) is 17.7 Å². The third-order valence-corrected chi connectivity index (χ3v) is 8.64. The summed E-state index contributed by atoms with van der Waals surface area (Å²) in [5.74, 6) is -1.40. The van der Waals surface area contributed by atoms with Gasteiger partial charge in [0.15, 0.2) is 5.79 Å². The van der Waals surface area contributed by atoms with Crippen LogP contribution in [0.1, 0.15) is 41.3 Å². The summed E-state index contributed by atoms with van der Waals surface area (Å²) in [6, 6.07) is 19.6. The molecule has 2 aliphatic rings. The second-order valence-corrected chi connectivity index (χ2v) is 11.7. The van der Waals surface area contributed by atoms with Crippen LogP contribution in [0.25, 0.3) is 0 Å². The summed E-state index contributed by atoms with van der Waals surface area (Å²) in [6.45, 7) is 0.953. The van der Waals surface area contributed by atoms with Gasteiger partial charge in [-0.15, -0.1) is 11.3 Å². The highest BCUT2D eigenvalue weighted by Gasteiger charge is 2.52. The SMILES string of the molecule is N=C(N)c1csc([C@@H](Cc2ccccc2)NC(=O)[C@@H]2CC3(CN2C(=O)CNC(=O)CCCOc2ccccc2)OCCO3)c1. The number of hydrogen-bond donors (Lipinski definition) is 4. The van der Waals surface area contributed by atoms with Crippen molar-refractivity contribution in [1.29, 1.82) is 5.41 Å². The Labute approximate surface area is 260 Å². The van der Waals surface area contributed by atoms with Crippen LogP contribution in [0.15, 0.2) is 72.1 Å². The Bertz CT molecular complexity index is 1440. The van der Waals surface area contributed by atoms with Crippen LogP contribution in [0.2, 0.25) is 0 Å². The van der Waals surface area contributed by atoms with Crippen LogP contribution in [0, 0.1) is 5.41 Å². The maximum Gasteiger partial charge on any atom is 0.243 e. The van der Waals surface area contributed by atoms with E-state index in [4.69, 9.17) is 25.4 Å². The van der Waals surface area contributed by atoms with Crippen LogP contribution in [-0.2, 0) is 30.3 Å². The largest absolute Gasteiger partial charge is 0.494 e. The fourth-order valence-electron chi connectivity index (χ4n) is 5.36. The lowest BCUT2D eigenvalue weighted by Crippen LogP contribution is -2.49. The molecule has 0 radical (unpaired) electrons. The summed E-state index contributed by atoms with van der Waals surface area (Å²) in [5.41, 5.74) is 7.31. The van der Waals surface area contributed by atoms with Crippen molar-refractivity contribution in [1.82, 2.24) is 15.5 Å². The van der Waals surface area contributed by atoms with Crippen LogP contribution < -0.4 is 21.1 Å². The first kappa shape index (κ1) is 31.2. The molecule has 11 nitrogen and oxygen atoms in total. The molecule has 232 valence electrons. The average Bonchev–Trinajstić information content (AvgIpc) is 3.80. The molecular weight excluding hydrogens is 582 g/mol. The molecule has 3 amide bonds. The molecule has 5 N–H and O–H groups in total. The number of nitrogens with zero attached hydrogens (tertiary/aromatic N) is 1.